The van der Waals surface area contributed by atoms with Crippen LogP contribution in [-0.2, 0) is 6.54 Å². The first-order valence-electron chi connectivity index (χ1n) is 3.89. The first-order chi connectivity index (χ1) is 6.34. The molecule has 1 N–H and O–H groups in total. The molecule has 0 amide bonds. The summed E-state index contributed by atoms with van der Waals surface area (Å²) in [6.07, 6.45) is 3.68. The van der Waals surface area contributed by atoms with Gasteiger partial charge in [0.25, 0.3) is 0 Å². The van der Waals surface area contributed by atoms with Crippen molar-refractivity contribution in [2.75, 3.05) is 5.32 Å². The van der Waals surface area contributed by atoms with Crippen LogP contribution in [0.25, 0.3) is 0 Å². The lowest BCUT2D eigenvalue weighted by atomic mass is 10.6. The minimum atomic E-state index is 0.770. The molecule has 0 spiro atoms. The number of aryl methyl sites for hydroxylation is 1. The van der Waals surface area contributed by atoms with Crippen LogP contribution in [0.1, 0.15) is 9.88 Å². The van der Waals surface area contributed by atoms with Gasteiger partial charge in [0.2, 0.25) is 0 Å². The predicted molar refractivity (Wildman–Crippen MR) is 56.3 cm³/mol. The second-order valence-corrected chi connectivity index (χ2v) is 4.77. The molecular formula is C8H9N3S2. The second kappa shape index (κ2) is 3.85. The molecule has 0 unspecified atom stereocenters. The molecule has 2 heterocycles. The maximum atomic E-state index is 4.25. The van der Waals surface area contributed by atoms with E-state index in [-0.39, 0.29) is 0 Å². The van der Waals surface area contributed by atoms with Crippen LogP contribution in [-0.4, -0.2) is 9.97 Å². The maximum Gasteiger partial charge on any atom is 0.182 e. The van der Waals surface area contributed by atoms with E-state index < -0.39 is 0 Å². The van der Waals surface area contributed by atoms with Gasteiger partial charge in [0.15, 0.2) is 5.13 Å². The van der Waals surface area contributed by atoms with Crippen molar-refractivity contribution in [3.05, 3.63) is 27.7 Å². The standard InChI is InChI=1S/C8H9N3S2/c1-6-4-10-7(13-6)5-11-8-9-2-3-12-8/h2-4H,5H2,1H3,(H,9,11). The van der Waals surface area contributed by atoms with Crippen molar-refractivity contribution in [1.82, 2.24) is 9.97 Å². The first-order valence-corrected chi connectivity index (χ1v) is 5.59. The van der Waals surface area contributed by atoms with Gasteiger partial charge in [-0.3, -0.25) is 0 Å². The van der Waals surface area contributed by atoms with Crippen LogP contribution in [0.2, 0.25) is 0 Å². The second-order valence-electron chi connectivity index (χ2n) is 2.56. The fourth-order valence-electron chi connectivity index (χ4n) is 0.945. The van der Waals surface area contributed by atoms with Gasteiger partial charge in [-0.2, -0.15) is 0 Å². The normalized spacial score (nSPS) is 10.2. The van der Waals surface area contributed by atoms with Gasteiger partial charge >= 0.3 is 0 Å². The SMILES string of the molecule is Cc1cnc(CNc2nccs2)s1. The van der Waals surface area contributed by atoms with Crippen LogP contribution < -0.4 is 5.32 Å². The minimum Gasteiger partial charge on any atom is -0.355 e. The van der Waals surface area contributed by atoms with Gasteiger partial charge < -0.3 is 5.32 Å². The number of hydrogen-bond acceptors (Lipinski definition) is 5. The van der Waals surface area contributed by atoms with Gasteiger partial charge in [0.1, 0.15) is 5.01 Å². The Morgan fingerprint density at radius 2 is 2.38 bits per heavy atom. The van der Waals surface area contributed by atoms with E-state index in [1.165, 1.54) is 4.88 Å². The zero-order valence-corrected chi connectivity index (χ0v) is 8.78. The Morgan fingerprint density at radius 1 is 1.46 bits per heavy atom. The van der Waals surface area contributed by atoms with E-state index in [1.54, 1.807) is 28.9 Å². The zero-order chi connectivity index (χ0) is 9.10. The molecule has 0 saturated heterocycles. The van der Waals surface area contributed by atoms with Crippen molar-refractivity contribution in [3.63, 3.8) is 0 Å². The Kier molecular flexibility index (Phi) is 2.56. The number of nitrogens with one attached hydrogen (secondary N) is 1. The van der Waals surface area contributed by atoms with E-state index in [4.69, 9.17) is 0 Å². The molecule has 5 heteroatoms. The molecule has 2 aromatic rings. The maximum absolute atomic E-state index is 4.25. The number of aromatic nitrogens is 2. The average molecular weight is 211 g/mol. The van der Waals surface area contributed by atoms with E-state index in [2.05, 4.69) is 22.2 Å². The van der Waals surface area contributed by atoms with E-state index in [0.29, 0.717) is 0 Å². The Bertz CT molecular complexity index is 366. The Morgan fingerprint density at radius 3 is 3.00 bits per heavy atom. The van der Waals surface area contributed by atoms with Crippen molar-refractivity contribution < 1.29 is 0 Å². The van der Waals surface area contributed by atoms with Crippen LogP contribution in [0, 0.1) is 6.92 Å². The largest absolute Gasteiger partial charge is 0.355 e. The number of hydrogen-bond donors (Lipinski definition) is 1. The lowest BCUT2D eigenvalue weighted by molar-refractivity contribution is 1.09. The fraction of sp³-hybridized carbons (Fsp3) is 0.250. The molecule has 3 nitrogen and oxygen atoms in total. The molecule has 0 radical (unpaired) electrons. The molecular weight excluding hydrogens is 202 g/mol. The first kappa shape index (κ1) is 8.65. The Balaban J connectivity index is 1.93. The molecule has 0 atom stereocenters. The van der Waals surface area contributed by atoms with Gasteiger partial charge in [-0.1, -0.05) is 0 Å². The summed E-state index contributed by atoms with van der Waals surface area (Å²) in [5.74, 6) is 0. The van der Waals surface area contributed by atoms with Crippen molar-refractivity contribution in [2.45, 2.75) is 13.5 Å². The highest BCUT2D eigenvalue weighted by molar-refractivity contribution is 7.13. The summed E-state index contributed by atoms with van der Waals surface area (Å²) in [5.41, 5.74) is 0. The van der Waals surface area contributed by atoms with E-state index in [1.807, 2.05) is 11.6 Å². The summed E-state index contributed by atoms with van der Waals surface area (Å²) < 4.78 is 0. The molecule has 13 heavy (non-hydrogen) atoms. The topological polar surface area (TPSA) is 37.8 Å². The zero-order valence-electron chi connectivity index (χ0n) is 7.15. The van der Waals surface area contributed by atoms with Crippen molar-refractivity contribution in [3.8, 4) is 0 Å². The van der Waals surface area contributed by atoms with E-state index in [0.717, 1.165) is 16.7 Å². The van der Waals surface area contributed by atoms with Crippen molar-refractivity contribution in [1.29, 1.82) is 0 Å². The van der Waals surface area contributed by atoms with Gasteiger partial charge in [-0.15, -0.1) is 22.7 Å². The summed E-state index contributed by atoms with van der Waals surface area (Å²) in [4.78, 5) is 9.62. The fourth-order valence-corrected chi connectivity index (χ4v) is 2.20. The summed E-state index contributed by atoms with van der Waals surface area (Å²) in [6, 6.07) is 0. The number of anilines is 1. The quantitative estimate of drug-likeness (QED) is 0.847. The molecule has 0 bridgehead atoms. The lowest BCUT2D eigenvalue weighted by Crippen LogP contribution is -1.97. The monoisotopic (exact) mass is 211 g/mol. The molecule has 0 aliphatic carbocycles. The summed E-state index contributed by atoms with van der Waals surface area (Å²) in [7, 11) is 0. The van der Waals surface area contributed by atoms with Crippen LogP contribution in [0.3, 0.4) is 0 Å². The molecule has 0 aliphatic rings. The number of rotatable bonds is 3. The molecule has 0 fully saturated rings. The average Bonchev–Trinajstić information content (AvgIpc) is 2.71. The third-order valence-electron chi connectivity index (χ3n) is 1.49. The summed E-state index contributed by atoms with van der Waals surface area (Å²) >= 11 is 3.32. The predicted octanol–water partition coefficient (Wildman–Crippen LogP) is 2.52. The van der Waals surface area contributed by atoms with Gasteiger partial charge in [0.05, 0.1) is 6.54 Å². The summed E-state index contributed by atoms with van der Waals surface area (Å²) in [6.45, 7) is 2.83. The molecule has 0 aliphatic heterocycles. The van der Waals surface area contributed by atoms with Crippen LogP contribution in [0.5, 0.6) is 0 Å². The molecule has 0 saturated carbocycles. The Hall–Kier alpha value is -0.940. The highest BCUT2D eigenvalue weighted by atomic mass is 32.1. The third kappa shape index (κ3) is 2.26. The van der Waals surface area contributed by atoms with E-state index >= 15 is 0 Å². The van der Waals surface area contributed by atoms with Crippen LogP contribution in [0.4, 0.5) is 5.13 Å². The van der Waals surface area contributed by atoms with Crippen molar-refractivity contribution >= 4 is 27.8 Å². The Labute approximate surface area is 84.5 Å². The number of thiazole rings is 2. The van der Waals surface area contributed by atoms with Gasteiger partial charge in [-0.05, 0) is 6.92 Å². The minimum absolute atomic E-state index is 0.770. The summed E-state index contributed by atoms with van der Waals surface area (Å²) in [5, 5.41) is 7.22. The highest BCUT2D eigenvalue weighted by Gasteiger charge is 1.99. The third-order valence-corrected chi connectivity index (χ3v) is 3.14. The molecule has 0 aromatic carbocycles. The van der Waals surface area contributed by atoms with E-state index in [9.17, 15) is 0 Å². The van der Waals surface area contributed by atoms with Crippen molar-refractivity contribution in [2.24, 2.45) is 0 Å². The van der Waals surface area contributed by atoms with Crippen LogP contribution in [0.15, 0.2) is 17.8 Å². The van der Waals surface area contributed by atoms with Gasteiger partial charge in [-0.25, -0.2) is 9.97 Å². The molecule has 2 rings (SSSR count). The molecule has 68 valence electrons. The number of nitrogens with zero attached hydrogens (tertiary/aromatic N) is 2. The lowest BCUT2D eigenvalue weighted by Gasteiger charge is -1.96. The highest BCUT2D eigenvalue weighted by Crippen LogP contribution is 2.15. The van der Waals surface area contributed by atoms with Gasteiger partial charge in [0, 0.05) is 22.7 Å². The molecule has 2 aromatic heterocycles. The van der Waals surface area contributed by atoms with Crippen LogP contribution >= 0.6 is 22.7 Å². The smallest absolute Gasteiger partial charge is 0.182 e.